The summed E-state index contributed by atoms with van der Waals surface area (Å²) in [5.41, 5.74) is 1.48. The number of furan rings is 1. The van der Waals surface area contributed by atoms with Gasteiger partial charge in [-0.1, -0.05) is 0 Å². The first-order valence-electron chi connectivity index (χ1n) is 7.67. The van der Waals surface area contributed by atoms with Gasteiger partial charge in [0.1, 0.15) is 10.7 Å². The summed E-state index contributed by atoms with van der Waals surface area (Å²) < 4.78 is 9.87. The van der Waals surface area contributed by atoms with E-state index in [0.29, 0.717) is 30.5 Å². The van der Waals surface area contributed by atoms with Gasteiger partial charge in [0.2, 0.25) is 0 Å². The predicted octanol–water partition coefficient (Wildman–Crippen LogP) is 4.22. The maximum Gasteiger partial charge on any atom is 0.433 e. The van der Waals surface area contributed by atoms with E-state index in [1.807, 2.05) is 17.0 Å². The molecule has 26 heavy (non-hydrogen) atoms. The highest BCUT2D eigenvalue weighted by Crippen LogP contribution is 2.19. The van der Waals surface area contributed by atoms with Crippen molar-refractivity contribution in [2.24, 2.45) is 0 Å². The molecule has 0 saturated carbocycles. The molecule has 2 aromatic rings. The van der Waals surface area contributed by atoms with Crippen molar-refractivity contribution in [2.75, 3.05) is 35.1 Å². The molecule has 0 spiro atoms. The summed E-state index contributed by atoms with van der Waals surface area (Å²) in [5.74, 6) is 0.737. The van der Waals surface area contributed by atoms with Crippen LogP contribution in [0.5, 0.6) is 0 Å². The van der Waals surface area contributed by atoms with Crippen molar-refractivity contribution in [3.8, 4) is 0 Å². The first kappa shape index (κ1) is 19.9. The quantitative estimate of drug-likeness (QED) is 0.383. The number of hydrogen-bond donors (Lipinski definition) is 1. The lowest BCUT2D eigenvalue weighted by Crippen LogP contribution is -2.27. The van der Waals surface area contributed by atoms with Crippen LogP contribution < -0.4 is 10.2 Å². The molecule has 2 rings (SSSR count). The molecular weight excluding hydrogens is 385 g/mol. The molecule has 0 aliphatic heterocycles. The predicted molar refractivity (Wildman–Crippen MR) is 99.3 cm³/mol. The summed E-state index contributed by atoms with van der Waals surface area (Å²) >= 11 is 11.6. The summed E-state index contributed by atoms with van der Waals surface area (Å²) in [6.45, 7) is 1.12. The molecule has 0 atom stereocenters. The second-order valence-electron chi connectivity index (χ2n) is 5.11. The number of ether oxygens (including phenoxy) is 1. The zero-order valence-corrected chi connectivity index (χ0v) is 15.2. The van der Waals surface area contributed by atoms with Gasteiger partial charge in [0.05, 0.1) is 6.07 Å². The van der Waals surface area contributed by atoms with Gasteiger partial charge in [0, 0.05) is 36.2 Å². The smallest absolute Gasteiger partial charge is 0.433 e. The Balaban J connectivity index is 1.87. The molecule has 0 saturated heterocycles. The average Bonchev–Trinajstić information content (AvgIpc) is 3.10. The van der Waals surface area contributed by atoms with Crippen molar-refractivity contribution in [1.82, 2.24) is 0 Å². The highest BCUT2D eigenvalue weighted by atomic mass is 35.5. The van der Waals surface area contributed by atoms with Gasteiger partial charge in [-0.2, -0.15) is 0 Å². The molecule has 140 valence electrons. The summed E-state index contributed by atoms with van der Waals surface area (Å²) in [6.07, 6.45) is -0.699. The first-order valence-corrected chi connectivity index (χ1v) is 8.74. The van der Waals surface area contributed by atoms with E-state index in [0.717, 1.165) is 5.69 Å². The average molecular weight is 402 g/mol. The number of nitrogens with zero attached hydrogens (tertiary/aromatic N) is 2. The van der Waals surface area contributed by atoms with E-state index in [-0.39, 0.29) is 12.4 Å². The summed E-state index contributed by atoms with van der Waals surface area (Å²) in [5, 5.41) is 13.1. The van der Waals surface area contributed by atoms with Crippen molar-refractivity contribution in [2.45, 2.75) is 6.61 Å². The maximum atomic E-state index is 11.8. The van der Waals surface area contributed by atoms with E-state index in [9.17, 15) is 14.9 Å². The van der Waals surface area contributed by atoms with Gasteiger partial charge in [0.15, 0.2) is 6.61 Å². The van der Waals surface area contributed by atoms with E-state index in [2.05, 4.69) is 5.32 Å². The van der Waals surface area contributed by atoms with Gasteiger partial charge >= 0.3 is 12.0 Å². The summed E-state index contributed by atoms with van der Waals surface area (Å²) in [7, 11) is 0. The molecule has 1 aromatic heterocycles. The van der Waals surface area contributed by atoms with Gasteiger partial charge in [-0.15, -0.1) is 23.2 Å². The molecule has 0 bridgehead atoms. The van der Waals surface area contributed by atoms with Crippen LogP contribution in [0, 0.1) is 10.1 Å². The molecule has 10 heteroatoms. The third-order valence-electron chi connectivity index (χ3n) is 3.36. The molecule has 1 aromatic carbocycles. The van der Waals surface area contributed by atoms with Gasteiger partial charge in [-0.3, -0.25) is 15.4 Å². The molecule has 8 nitrogen and oxygen atoms in total. The molecule has 0 aliphatic carbocycles. The fraction of sp³-hybridized carbons (Fsp3) is 0.312. The number of anilines is 2. The Hall–Kier alpha value is -2.45. The third-order valence-corrected chi connectivity index (χ3v) is 3.70. The Morgan fingerprint density at radius 2 is 1.81 bits per heavy atom. The number of nitro groups is 1. The molecule has 1 N–H and O–H groups in total. The fourth-order valence-electron chi connectivity index (χ4n) is 2.16. The second kappa shape index (κ2) is 9.88. The van der Waals surface area contributed by atoms with Crippen LogP contribution in [0.1, 0.15) is 5.76 Å². The SMILES string of the molecule is O=C(Nc1ccc(N(CCCl)CCCl)cc1)OCc1ccc([N+](=O)[O-])o1. The zero-order valence-electron chi connectivity index (χ0n) is 13.7. The van der Waals surface area contributed by atoms with Crippen molar-refractivity contribution in [3.05, 3.63) is 52.3 Å². The minimum Gasteiger partial charge on any atom is -0.441 e. The Morgan fingerprint density at radius 3 is 2.35 bits per heavy atom. The summed E-state index contributed by atoms with van der Waals surface area (Å²) in [4.78, 5) is 23.7. The Labute approximate surface area is 159 Å². The third kappa shape index (κ3) is 5.82. The van der Waals surface area contributed by atoms with Crippen LogP contribution in [-0.2, 0) is 11.3 Å². The van der Waals surface area contributed by atoms with Crippen LogP contribution in [0.3, 0.4) is 0 Å². The highest BCUT2D eigenvalue weighted by molar-refractivity contribution is 6.18. The van der Waals surface area contributed by atoms with Crippen LogP contribution in [-0.4, -0.2) is 35.9 Å². The van der Waals surface area contributed by atoms with E-state index in [1.165, 1.54) is 12.1 Å². The van der Waals surface area contributed by atoms with E-state index < -0.39 is 16.9 Å². The molecule has 0 unspecified atom stereocenters. The van der Waals surface area contributed by atoms with Crippen molar-refractivity contribution in [1.29, 1.82) is 0 Å². The number of benzene rings is 1. The monoisotopic (exact) mass is 401 g/mol. The van der Waals surface area contributed by atoms with E-state index in [1.54, 1.807) is 12.1 Å². The first-order chi connectivity index (χ1) is 12.5. The molecule has 0 fully saturated rings. The van der Waals surface area contributed by atoms with Crippen molar-refractivity contribution >= 4 is 46.6 Å². The van der Waals surface area contributed by atoms with Crippen LogP contribution in [0.4, 0.5) is 22.1 Å². The number of alkyl halides is 2. The topological polar surface area (TPSA) is 97.9 Å². The van der Waals surface area contributed by atoms with E-state index >= 15 is 0 Å². The van der Waals surface area contributed by atoms with Crippen LogP contribution in [0.25, 0.3) is 0 Å². The van der Waals surface area contributed by atoms with Crippen LogP contribution in [0.15, 0.2) is 40.8 Å². The Kier molecular flexibility index (Phi) is 7.55. The van der Waals surface area contributed by atoms with Crippen LogP contribution >= 0.6 is 23.2 Å². The van der Waals surface area contributed by atoms with Crippen molar-refractivity contribution in [3.63, 3.8) is 0 Å². The lowest BCUT2D eigenvalue weighted by molar-refractivity contribution is -0.402. The lowest BCUT2D eigenvalue weighted by atomic mass is 10.2. The standard InChI is InChI=1S/C16H17Cl2N3O5/c17-7-9-20(10-8-18)13-3-1-12(2-4-13)19-16(22)25-11-14-5-6-15(26-14)21(23)24/h1-6H,7-11H2,(H,19,22). The normalized spacial score (nSPS) is 10.4. The minimum atomic E-state index is -0.699. The fourth-order valence-corrected chi connectivity index (χ4v) is 2.57. The Morgan fingerprint density at radius 1 is 1.15 bits per heavy atom. The number of halogens is 2. The molecule has 1 heterocycles. The zero-order chi connectivity index (χ0) is 18.9. The number of carbonyl (C=O) groups excluding carboxylic acids is 1. The minimum absolute atomic E-state index is 0.181. The molecule has 1 amide bonds. The molecular formula is C16H17Cl2N3O5. The second-order valence-corrected chi connectivity index (χ2v) is 5.87. The summed E-state index contributed by atoms with van der Waals surface area (Å²) in [6, 6.07) is 9.70. The highest BCUT2D eigenvalue weighted by Gasteiger charge is 2.13. The number of carbonyl (C=O) groups is 1. The van der Waals surface area contributed by atoms with Gasteiger partial charge in [-0.05, 0) is 30.3 Å². The van der Waals surface area contributed by atoms with Gasteiger partial charge in [0.25, 0.3) is 0 Å². The largest absolute Gasteiger partial charge is 0.441 e. The molecule has 0 radical (unpaired) electrons. The Bertz CT molecular complexity index is 730. The van der Waals surface area contributed by atoms with Crippen molar-refractivity contribution < 1.29 is 18.9 Å². The maximum absolute atomic E-state index is 11.8. The number of hydrogen-bond acceptors (Lipinski definition) is 6. The van der Waals surface area contributed by atoms with Gasteiger partial charge < -0.3 is 14.1 Å². The molecule has 0 aliphatic rings. The van der Waals surface area contributed by atoms with Gasteiger partial charge in [-0.25, -0.2) is 4.79 Å². The number of amides is 1. The van der Waals surface area contributed by atoms with E-state index in [4.69, 9.17) is 32.4 Å². The number of nitrogens with one attached hydrogen (secondary N) is 1. The lowest BCUT2D eigenvalue weighted by Gasteiger charge is -2.23. The number of rotatable bonds is 9. The van der Waals surface area contributed by atoms with Crippen LogP contribution in [0.2, 0.25) is 0 Å².